The number of hydrogen-bond acceptors (Lipinski definition) is 4. The number of rotatable bonds is 7. The minimum absolute atomic E-state index is 0.0773. The molecule has 0 radical (unpaired) electrons. The van der Waals surface area contributed by atoms with Crippen molar-refractivity contribution in [1.82, 2.24) is 0 Å². The highest BCUT2D eigenvalue weighted by Gasteiger charge is 2.22. The van der Waals surface area contributed by atoms with Crippen molar-refractivity contribution in [3.05, 3.63) is 33.8 Å². The Morgan fingerprint density at radius 2 is 1.71 bits per heavy atom. The number of carbonyl (C=O) groups is 2. The molecule has 0 saturated carbocycles. The second kappa shape index (κ2) is 8.90. The van der Waals surface area contributed by atoms with E-state index >= 15 is 0 Å². The topological polar surface area (TPSA) is 52.6 Å². The number of halogens is 2. The van der Waals surface area contributed by atoms with Crippen LogP contribution in [-0.4, -0.2) is 18.2 Å². The molecule has 0 bridgehead atoms. The lowest BCUT2D eigenvalue weighted by molar-refractivity contribution is -0.169. The quantitative estimate of drug-likeness (QED) is 0.540. The van der Waals surface area contributed by atoms with Crippen LogP contribution in [0.1, 0.15) is 49.9 Å². The number of hydrogen-bond donors (Lipinski definition) is 0. The van der Waals surface area contributed by atoms with Crippen molar-refractivity contribution in [3.8, 4) is 0 Å². The minimum atomic E-state index is -0.922. The molecule has 0 aliphatic rings. The highest BCUT2D eigenvalue weighted by atomic mass is 35.5. The van der Waals surface area contributed by atoms with Crippen molar-refractivity contribution in [2.24, 2.45) is 0 Å². The molecule has 0 heterocycles. The van der Waals surface area contributed by atoms with Crippen LogP contribution in [0.3, 0.4) is 0 Å². The zero-order valence-electron chi connectivity index (χ0n) is 12.0. The molecular formula is C15H18Cl2O4. The van der Waals surface area contributed by atoms with Gasteiger partial charge in [0.1, 0.15) is 0 Å². The smallest absolute Gasteiger partial charge is 0.344 e. The van der Waals surface area contributed by atoms with Crippen LogP contribution in [0.15, 0.2) is 18.2 Å². The fraction of sp³-hybridized carbons (Fsp3) is 0.467. The summed E-state index contributed by atoms with van der Waals surface area (Å²) in [5.74, 6) is -1.10. The van der Waals surface area contributed by atoms with Gasteiger partial charge in [0, 0.05) is 12.8 Å². The molecular weight excluding hydrogens is 315 g/mol. The van der Waals surface area contributed by atoms with Gasteiger partial charge in [-0.2, -0.15) is 0 Å². The molecule has 1 unspecified atom stereocenters. The molecule has 0 spiro atoms. The maximum atomic E-state index is 12.1. The molecule has 1 aromatic carbocycles. The lowest BCUT2D eigenvalue weighted by atomic mass is 10.2. The first-order valence-electron chi connectivity index (χ1n) is 6.84. The van der Waals surface area contributed by atoms with Crippen LogP contribution in [-0.2, 0) is 14.3 Å². The van der Waals surface area contributed by atoms with E-state index in [-0.39, 0.29) is 22.0 Å². The first kappa shape index (κ1) is 17.8. The van der Waals surface area contributed by atoms with Gasteiger partial charge in [-0.1, -0.05) is 43.1 Å². The molecule has 6 heteroatoms. The van der Waals surface area contributed by atoms with Gasteiger partial charge < -0.3 is 9.47 Å². The van der Waals surface area contributed by atoms with E-state index in [4.69, 9.17) is 32.7 Å². The van der Waals surface area contributed by atoms with Crippen LogP contribution < -0.4 is 0 Å². The summed E-state index contributed by atoms with van der Waals surface area (Å²) in [5.41, 5.74) is 0.0773. The van der Waals surface area contributed by atoms with Crippen molar-refractivity contribution in [2.75, 3.05) is 0 Å². The first-order chi connectivity index (χ1) is 9.99. The van der Waals surface area contributed by atoms with Crippen molar-refractivity contribution in [3.63, 3.8) is 0 Å². The highest BCUT2D eigenvalue weighted by molar-refractivity contribution is 6.39. The van der Waals surface area contributed by atoms with Gasteiger partial charge in [0.25, 0.3) is 0 Å². The van der Waals surface area contributed by atoms with Gasteiger partial charge in [-0.05, 0) is 25.0 Å². The first-order valence-corrected chi connectivity index (χ1v) is 7.59. The van der Waals surface area contributed by atoms with Gasteiger partial charge in [0.15, 0.2) is 0 Å². The molecule has 21 heavy (non-hydrogen) atoms. The van der Waals surface area contributed by atoms with Gasteiger partial charge in [-0.15, -0.1) is 0 Å². The molecule has 4 nitrogen and oxygen atoms in total. The van der Waals surface area contributed by atoms with Crippen LogP contribution in [0, 0.1) is 0 Å². The Bertz CT molecular complexity index is 482. The average molecular weight is 333 g/mol. The van der Waals surface area contributed by atoms with E-state index in [1.165, 1.54) is 0 Å². The van der Waals surface area contributed by atoms with E-state index < -0.39 is 18.2 Å². The number of ether oxygens (including phenoxy) is 2. The molecule has 1 rings (SSSR count). The minimum Gasteiger partial charge on any atom is -0.425 e. The third-order valence-corrected chi connectivity index (χ3v) is 3.28. The Morgan fingerprint density at radius 3 is 2.24 bits per heavy atom. The normalized spacial score (nSPS) is 11.8. The van der Waals surface area contributed by atoms with Gasteiger partial charge in [0.2, 0.25) is 6.29 Å². The molecule has 0 fully saturated rings. The SMILES string of the molecule is CCCC(=O)OC(CCC)OC(=O)c1c(Cl)cccc1Cl. The Hall–Kier alpha value is -1.26. The summed E-state index contributed by atoms with van der Waals surface area (Å²) in [6, 6.07) is 4.72. The van der Waals surface area contributed by atoms with Gasteiger partial charge >= 0.3 is 11.9 Å². The fourth-order valence-electron chi connectivity index (χ4n) is 1.66. The lowest BCUT2D eigenvalue weighted by Gasteiger charge is -2.18. The summed E-state index contributed by atoms with van der Waals surface area (Å²) in [4.78, 5) is 23.6. The molecule has 0 N–H and O–H groups in total. The Morgan fingerprint density at radius 1 is 1.10 bits per heavy atom. The fourth-order valence-corrected chi connectivity index (χ4v) is 2.21. The Kier molecular flexibility index (Phi) is 7.54. The van der Waals surface area contributed by atoms with Crippen LogP contribution >= 0.6 is 23.2 Å². The van der Waals surface area contributed by atoms with Crippen LogP contribution in [0.25, 0.3) is 0 Å². The summed E-state index contributed by atoms with van der Waals surface area (Å²) >= 11 is 11.9. The zero-order chi connectivity index (χ0) is 15.8. The van der Waals surface area contributed by atoms with Gasteiger partial charge in [-0.3, -0.25) is 4.79 Å². The van der Waals surface area contributed by atoms with E-state index in [1.807, 2.05) is 13.8 Å². The molecule has 1 atom stereocenters. The van der Waals surface area contributed by atoms with E-state index in [0.717, 1.165) is 0 Å². The van der Waals surface area contributed by atoms with Gasteiger partial charge in [-0.25, -0.2) is 4.79 Å². The largest absolute Gasteiger partial charge is 0.425 e. The molecule has 1 aromatic rings. The predicted octanol–water partition coefficient (Wildman–Crippen LogP) is 4.62. The molecule has 0 amide bonds. The number of benzene rings is 1. The summed E-state index contributed by atoms with van der Waals surface area (Å²) in [7, 11) is 0. The molecule has 0 aromatic heterocycles. The molecule has 0 saturated heterocycles. The molecule has 116 valence electrons. The third-order valence-electron chi connectivity index (χ3n) is 2.65. The maximum absolute atomic E-state index is 12.1. The Labute approximate surface area is 134 Å². The highest BCUT2D eigenvalue weighted by Crippen LogP contribution is 2.25. The van der Waals surface area contributed by atoms with E-state index in [2.05, 4.69) is 0 Å². The summed E-state index contributed by atoms with van der Waals surface area (Å²) in [6.45, 7) is 3.77. The van der Waals surface area contributed by atoms with Crippen LogP contribution in [0.2, 0.25) is 10.0 Å². The van der Waals surface area contributed by atoms with E-state index in [0.29, 0.717) is 19.3 Å². The van der Waals surface area contributed by atoms with Crippen LogP contribution in [0.5, 0.6) is 0 Å². The number of esters is 2. The Balaban J connectivity index is 2.78. The molecule has 0 aliphatic heterocycles. The van der Waals surface area contributed by atoms with Crippen molar-refractivity contribution in [1.29, 1.82) is 0 Å². The maximum Gasteiger partial charge on any atom is 0.344 e. The average Bonchev–Trinajstić information content (AvgIpc) is 2.38. The second-order valence-corrected chi connectivity index (χ2v) is 5.27. The van der Waals surface area contributed by atoms with Crippen molar-refractivity contribution in [2.45, 2.75) is 45.8 Å². The summed E-state index contributed by atoms with van der Waals surface area (Å²) in [5, 5.41) is 0.394. The number of carbonyl (C=O) groups excluding carboxylic acids is 2. The monoisotopic (exact) mass is 332 g/mol. The zero-order valence-corrected chi connectivity index (χ0v) is 13.5. The lowest BCUT2D eigenvalue weighted by Crippen LogP contribution is -2.25. The van der Waals surface area contributed by atoms with Crippen molar-refractivity contribution < 1.29 is 19.1 Å². The second-order valence-electron chi connectivity index (χ2n) is 4.46. The predicted molar refractivity (Wildman–Crippen MR) is 81.6 cm³/mol. The van der Waals surface area contributed by atoms with Gasteiger partial charge in [0.05, 0.1) is 15.6 Å². The standard InChI is InChI=1S/C15H18Cl2O4/c1-3-6-12(18)20-13(7-4-2)21-15(19)14-10(16)8-5-9-11(14)17/h5,8-9,13H,3-4,6-7H2,1-2H3. The summed E-state index contributed by atoms with van der Waals surface area (Å²) < 4.78 is 10.3. The van der Waals surface area contributed by atoms with Crippen LogP contribution in [0.4, 0.5) is 0 Å². The van der Waals surface area contributed by atoms with Crippen molar-refractivity contribution >= 4 is 35.1 Å². The van der Waals surface area contributed by atoms with E-state index in [9.17, 15) is 9.59 Å². The summed E-state index contributed by atoms with van der Waals surface area (Å²) in [6.07, 6.45) is 1.15. The molecule has 0 aliphatic carbocycles. The third kappa shape index (κ3) is 5.56. The van der Waals surface area contributed by atoms with E-state index in [1.54, 1.807) is 18.2 Å².